The van der Waals surface area contributed by atoms with Gasteiger partial charge in [0.2, 0.25) is 5.95 Å². The third-order valence-electron chi connectivity index (χ3n) is 4.04. The summed E-state index contributed by atoms with van der Waals surface area (Å²) in [5, 5.41) is 13.1. The number of aromatic hydroxyl groups is 1. The fourth-order valence-electron chi connectivity index (χ4n) is 2.84. The number of nitrogens with zero attached hydrogens (tertiary/aromatic N) is 2. The van der Waals surface area contributed by atoms with Gasteiger partial charge >= 0.3 is 5.63 Å². The van der Waals surface area contributed by atoms with E-state index >= 15 is 0 Å². The monoisotopic (exact) mass is 380 g/mol. The number of aryl methyl sites for hydroxylation is 1. The van der Waals surface area contributed by atoms with Crippen molar-refractivity contribution < 1.29 is 13.9 Å². The van der Waals surface area contributed by atoms with Gasteiger partial charge in [-0.1, -0.05) is 0 Å². The molecule has 0 spiro atoms. The van der Waals surface area contributed by atoms with E-state index in [9.17, 15) is 19.1 Å². The number of aromatic amines is 1. The molecule has 0 bridgehead atoms. The minimum absolute atomic E-state index is 0.0265. The number of H-pyrrole nitrogens is 1. The van der Waals surface area contributed by atoms with Crippen LogP contribution in [-0.2, 0) is 0 Å². The smallest absolute Gasteiger partial charge is 0.347 e. The van der Waals surface area contributed by atoms with Crippen molar-refractivity contribution in [2.45, 2.75) is 6.92 Å². The van der Waals surface area contributed by atoms with Crippen LogP contribution in [0.3, 0.4) is 0 Å². The molecule has 1 aromatic carbocycles. The Hall–Kier alpha value is -4.01. The number of nitrogens with one attached hydrogen (secondary N) is 2. The van der Waals surface area contributed by atoms with Gasteiger partial charge in [-0.3, -0.25) is 9.78 Å². The van der Waals surface area contributed by atoms with Gasteiger partial charge in [-0.15, -0.1) is 0 Å². The minimum atomic E-state index is -0.780. The highest BCUT2D eigenvalue weighted by atomic mass is 19.1. The highest BCUT2D eigenvalue weighted by Crippen LogP contribution is 2.29. The van der Waals surface area contributed by atoms with Gasteiger partial charge in [0.1, 0.15) is 22.9 Å². The fourth-order valence-corrected chi connectivity index (χ4v) is 2.84. The molecule has 4 aromatic rings. The van der Waals surface area contributed by atoms with E-state index in [1.807, 2.05) is 0 Å². The third kappa shape index (κ3) is 3.09. The number of pyridine rings is 1. The molecular weight excluding hydrogens is 367 g/mol. The molecule has 0 fully saturated rings. The molecule has 4 rings (SSSR count). The lowest BCUT2D eigenvalue weighted by Gasteiger charge is -2.09. The van der Waals surface area contributed by atoms with Gasteiger partial charge in [-0.25, -0.2) is 14.2 Å². The zero-order valence-corrected chi connectivity index (χ0v) is 14.5. The van der Waals surface area contributed by atoms with Crippen LogP contribution in [0.4, 0.5) is 16.0 Å². The van der Waals surface area contributed by atoms with Gasteiger partial charge in [0.05, 0.1) is 5.39 Å². The second kappa shape index (κ2) is 6.62. The van der Waals surface area contributed by atoms with E-state index in [1.165, 1.54) is 49.5 Å². The molecule has 28 heavy (non-hydrogen) atoms. The van der Waals surface area contributed by atoms with E-state index in [4.69, 9.17) is 4.42 Å². The maximum Gasteiger partial charge on any atom is 0.347 e. The molecule has 0 unspecified atom stereocenters. The molecule has 0 aliphatic heterocycles. The molecule has 0 atom stereocenters. The normalized spacial score (nSPS) is 10.9. The topological polar surface area (TPSA) is 121 Å². The van der Waals surface area contributed by atoms with Gasteiger partial charge in [0.25, 0.3) is 5.56 Å². The summed E-state index contributed by atoms with van der Waals surface area (Å²) in [5.74, 6) is -0.376. The molecule has 0 radical (unpaired) electrons. The minimum Gasteiger partial charge on any atom is -0.507 e. The molecule has 3 N–H and O–H groups in total. The molecule has 8 nitrogen and oxygen atoms in total. The van der Waals surface area contributed by atoms with Crippen molar-refractivity contribution in [3.63, 3.8) is 0 Å². The predicted octanol–water partition coefficient (Wildman–Crippen LogP) is 2.84. The summed E-state index contributed by atoms with van der Waals surface area (Å²) in [6.45, 7) is 1.53. The number of benzene rings is 1. The number of hydrogen-bond acceptors (Lipinski definition) is 7. The highest BCUT2D eigenvalue weighted by molar-refractivity contribution is 5.93. The highest BCUT2D eigenvalue weighted by Gasteiger charge is 2.18. The molecule has 0 saturated carbocycles. The lowest BCUT2D eigenvalue weighted by atomic mass is 10.0. The summed E-state index contributed by atoms with van der Waals surface area (Å²) >= 11 is 0. The maximum absolute atomic E-state index is 13.0. The summed E-state index contributed by atoms with van der Waals surface area (Å²) in [5.41, 5.74) is -0.778. The Balaban J connectivity index is 1.87. The molecular formula is C19H13FN4O4. The third-order valence-corrected chi connectivity index (χ3v) is 4.04. The number of halogens is 1. The second-order valence-corrected chi connectivity index (χ2v) is 6.01. The quantitative estimate of drug-likeness (QED) is 0.500. The molecule has 140 valence electrons. The number of hydrogen-bond donors (Lipinski definition) is 3. The van der Waals surface area contributed by atoms with Crippen LogP contribution in [0.5, 0.6) is 5.75 Å². The van der Waals surface area contributed by atoms with Crippen molar-refractivity contribution in [1.82, 2.24) is 15.0 Å². The zero-order valence-electron chi connectivity index (χ0n) is 14.5. The Kier molecular flexibility index (Phi) is 4.11. The van der Waals surface area contributed by atoms with Gasteiger partial charge < -0.3 is 14.8 Å². The van der Waals surface area contributed by atoms with E-state index in [0.29, 0.717) is 5.69 Å². The first-order valence-corrected chi connectivity index (χ1v) is 8.18. The van der Waals surface area contributed by atoms with Crippen LogP contribution in [0.2, 0.25) is 0 Å². The zero-order chi connectivity index (χ0) is 19.8. The lowest BCUT2D eigenvalue weighted by Crippen LogP contribution is -2.14. The Morgan fingerprint density at radius 1 is 1.18 bits per heavy atom. The van der Waals surface area contributed by atoms with Crippen LogP contribution in [0.1, 0.15) is 5.76 Å². The first-order valence-electron chi connectivity index (χ1n) is 8.18. The predicted molar refractivity (Wildman–Crippen MR) is 100 cm³/mol. The molecule has 0 aliphatic rings. The van der Waals surface area contributed by atoms with E-state index in [0.717, 1.165) is 0 Å². The van der Waals surface area contributed by atoms with Crippen molar-refractivity contribution >= 4 is 22.7 Å². The molecule has 3 aromatic heterocycles. The van der Waals surface area contributed by atoms with Crippen molar-refractivity contribution in [1.29, 1.82) is 0 Å². The maximum atomic E-state index is 13.0. The summed E-state index contributed by atoms with van der Waals surface area (Å²) in [4.78, 5) is 35.8. The lowest BCUT2D eigenvalue weighted by molar-refractivity contribution is 0.438. The molecule has 3 heterocycles. The number of anilines is 2. The molecule has 9 heteroatoms. The molecule has 0 aliphatic carbocycles. The number of rotatable bonds is 3. The van der Waals surface area contributed by atoms with Crippen molar-refractivity contribution in [3.05, 3.63) is 74.9 Å². The summed E-state index contributed by atoms with van der Waals surface area (Å²) < 4.78 is 18.1. The first-order chi connectivity index (χ1) is 13.4. The Morgan fingerprint density at radius 3 is 2.64 bits per heavy atom. The average molecular weight is 380 g/mol. The second-order valence-electron chi connectivity index (χ2n) is 6.01. The van der Waals surface area contributed by atoms with Gasteiger partial charge in [-0.2, -0.15) is 4.98 Å². The van der Waals surface area contributed by atoms with E-state index < -0.39 is 17.0 Å². The Bertz CT molecular complexity index is 1310. The van der Waals surface area contributed by atoms with Gasteiger partial charge in [0.15, 0.2) is 5.65 Å². The standard InChI is InChI=1S/C19H13FN4O4/c1-9-8-13(25)14(18(27)28-9)12-6-7-21-16-15(12)17(26)24-19(23-16)22-11-4-2-10(20)3-5-11/h2-8,25H,1H3,(H2,21,22,23,24,26). The molecule has 0 saturated heterocycles. The Morgan fingerprint density at radius 2 is 1.93 bits per heavy atom. The summed E-state index contributed by atoms with van der Waals surface area (Å²) in [6.07, 6.45) is 1.37. The van der Waals surface area contributed by atoms with Crippen LogP contribution in [0.25, 0.3) is 22.2 Å². The van der Waals surface area contributed by atoms with Crippen LogP contribution in [-0.4, -0.2) is 20.1 Å². The van der Waals surface area contributed by atoms with Crippen molar-refractivity contribution in [2.24, 2.45) is 0 Å². The van der Waals surface area contributed by atoms with Gasteiger partial charge in [-0.05, 0) is 37.3 Å². The van der Waals surface area contributed by atoms with Gasteiger partial charge in [0, 0.05) is 23.5 Å². The summed E-state index contributed by atoms with van der Waals surface area (Å²) in [7, 11) is 0. The Labute approximate surface area is 156 Å². The molecule has 0 amide bonds. The van der Waals surface area contributed by atoms with E-state index in [2.05, 4.69) is 20.3 Å². The first kappa shape index (κ1) is 17.4. The van der Waals surface area contributed by atoms with Crippen LogP contribution >= 0.6 is 0 Å². The van der Waals surface area contributed by atoms with Crippen molar-refractivity contribution in [3.8, 4) is 16.9 Å². The summed E-state index contributed by atoms with van der Waals surface area (Å²) in [6, 6.07) is 8.20. The SMILES string of the molecule is Cc1cc(O)c(-c2ccnc3nc(Nc4ccc(F)cc4)[nH]c(=O)c23)c(=O)o1. The van der Waals surface area contributed by atoms with Crippen molar-refractivity contribution in [2.75, 3.05) is 5.32 Å². The van der Waals surface area contributed by atoms with Crippen LogP contribution in [0.15, 0.2) is 56.6 Å². The van der Waals surface area contributed by atoms with Crippen LogP contribution < -0.4 is 16.5 Å². The average Bonchev–Trinajstić information content (AvgIpc) is 2.63. The number of fused-ring (bicyclic) bond motifs is 1. The van der Waals surface area contributed by atoms with E-state index in [-0.39, 0.29) is 39.6 Å². The van der Waals surface area contributed by atoms with E-state index in [1.54, 1.807) is 0 Å². The fraction of sp³-hybridized carbons (Fsp3) is 0.0526. The van der Waals surface area contributed by atoms with Crippen LogP contribution in [0, 0.1) is 12.7 Å². The largest absolute Gasteiger partial charge is 0.507 e. The number of aromatic nitrogens is 3.